The molecular formula is C62H113NO10. The molecule has 73 heavy (non-hydrogen) atoms. The number of allylic oxidation sites excluding steroid dienone is 7. The summed E-state index contributed by atoms with van der Waals surface area (Å²) in [7, 11) is 0. The first kappa shape index (κ1) is 68.6. The highest BCUT2D eigenvalue weighted by Gasteiger charge is 2.47. The van der Waals surface area contributed by atoms with Crippen molar-refractivity contribution < 1.29 is 49.3 Å². The molecule has 0 aromatic rings. The van der Waals surface area contributed by atoms with Crippen LogP contribution in [0.5, 0.6) is 0 Å². The van der Waals surface area contributed by atoms with E-state index in [0.29, 0.717) is 12.8 Å². The van der Waals surface area contributed by atoms with Crippen LogP contribution in [0.15, 0.2) is 48.6 Å². The molecule has 0 radical (unpaired) electrons. The number of unbranched alkanes of at least 4 members (excludes halogenated alkanes) is 31. The summed E-state index contributed by atoms with van der Waals surface area (Å²) in [5, 5.41) is 56.9. The van der Waals surface area contributed by atoms with E-state index < -0.39 is 67.4 Å². The summed E-state index contributed by atoms with van der Waals surface area (Å²) >= 11 is 0. The average Bonchev–Trinajstić information content (AvgIpc) is 3.39. The standard InChI is InChI=1S/C62H113NO10/c1-4-7-10-13-16-19-22-25-27-28-29-30-31-34-37-40-43-46-49-55(66)61(70)63-53(54(65)48-45-42-39-36-33-24-21-18-15-12-9-6-3)52-71-62-60(59(69)58(68)56(51-64)72-62)73-57(67)50-47-44-41-38-35-32-26-23-20-17-14-11-8-5-2/h16,19,25,27,29-30,45,48,53-56,58-60,62,64-66,68-69H,4-15,17-18,20-24,26,28,31-44,46-47,49-52H2,1-3H3,(H,63,70)/b19-16-,27-25-,30-29-,48-45+. The summed E-state index contributed by atoms with van der Waals surface area (Å²) in [5.41, 5.74) is 0. The molecule has 8 atom stereocenters. The molecule has 0 saturated carbocycles. The molecule has 1 rings (SSSR count). The Balaban J connectivity index is 2.71. The van der Waals surface area contributed by atoms with E-state index in [9.17, 15) is 35.1 Å². The monoisotopic (exact) mass is 1030 g/mol. The zero-order chi connectivity index (χ0) is 53.3. The van der Waals surface area contributed by atoms with Gasteiger partial charge in [-0.2, -0.15) is 0 Å². The molecule has 1 heterocycles. The predicted molar refractivity (Wildman–Crippen MR) is 301 cm³/mol. The number of carbonyl (C=O) groups excluding carboxylic acids is 2. The lowest BCUT2D eigenvalue weighted by atomic mass is 9.99. The molecule has 11 heteroatoms. The number of carbonyl (C=O) groups is 2. The fraction of sp³-hybridized carbons (Fsp3) is 0.839. The van der Waals surface area contributed by atoms with Gasteiger partial charge < -0.3 is 45.1 Å². The number of nitrogens with one attached hydrogen (secondary N) is 1. The van der Waals surface area contributed by atoms with Crippen LogP contribution in [-0.2, 0) is 23.8 Å². The van der Waals surface area contributed by atoms with Crippen molar-refractivity contribution in [1.29, 1.82) is 0 Å². The number of hydrogen-bond acceptors (Lipinski definition) is 10. The second kappa shape index (κ2) is 50.4. The number of esters is 1. The zero-order valence-electron chi connectivity index (χ0n) is 47.0. The van der Waals surface area contributed by atoms with Crippen molar-refractivity contribution in [1.82, 2.24) is 5.32 Å². The Morgan fingerprint density at radius 2 is 0.945 bits per heavy atom. The topological polar surface area (TPSA) is 175 Å². The van der Waals surface area contributed by atoms with Crippen molar-refractivity contribution in [3.8, 4) is 0 Å². The van der Waals surface area contributed by atoms with Gasteiger partial charge in [0.05, 0.1) is 25.4 Å². The van der Waals surface area contributed by atoms with E-state index in [0.717, 1.165) is 83.5 Å². The maximum Gasteiger partial charge on any atom is 0.306 e. The lowest BCUT2D eigenvalue weighted by Crippen LogP contribution is -2.61. The fourth-order valence-electron chi connectivity index (χ4n) is 9.36. The molecule has 1 saturated heterocycles. The third-order valence-electron chi connectivity index (χ3n) is 14.2. The minimum Gasteiger partial charge on any atom is -0.454 e. The number of amides is 1. The van der Waals surface area contributed by atoms with E-state index in [1.54, 1.807) is 6.08 Å². The number of hydrogen-bond donors (Lipinski definition) is 6. The second-order valence-corrected chi connectivity index (χ2v) is 21.1. The van der Waals surface area contributed by atoms with Gasteiger partial charge in [-0.3, -0.25) is 9.59 Å². The molecule has 1 aliphatic heterocycles. The summed E-state index contributed by atoms with van der Waals surface area (Å²) in [6.07, 6.45) is 50.0. The Kier molecular flexibility index (Phi) is 47.4. The Bertz CT molecular complexity index is 1370. The first-order valence-corrected chi connectivity index (χ1v) is 30.4. The molecule has 11 nitrogen and oxygen atoms in total. The van der Waals surface area contributed by atoms with Gasteiger partial charge in [0.25, 0.3) is 0 Å². The van der Waals surface area contributed by atoms with Gasteiger partial charge in [0, 0.05) is 6.42 Å². The van der Waals surface area contributed by atoms with E-state index in [-0.39, 0.29) is 19.4 Å². The van der Waals surface area contributed by atoms with Gasteiger partial charge in [-0.1, -0.05) is 249 Å². The minimum atomic E-state index is -1.61. The van der Waals surface area contributed by atoms with Crippen LogP contribution < -0.4 is 5.32 Å². The summed E-state index contributed by atoms with van der Waals surface area (Å²) < 4.78 is 17.6. The normalized spacial score (nSPS) is 19.7. The molecular weight excluding hydrogens is 919 g/mol. The van der Waals surface area contributed by atoms with Crippen LogP contribution in [-0.4, -0.2) is 99.6 Å². The average molecular weight is 1030 g/mol. The highest BCUT2D eigenvalue weighted by atomic mass is 16.7. The first-order chi connectivity index (χ1) is 35.7. The summed E-state index contributed by atoms with van der Waals surface area (Å²) in [6.45, 7) is 5.76. The molecule has 1 fully saturated rings. The van der Waals surface area contributed by atoms with E-state index in [4.69, 9.17) is 14.2 Å². The van der Waals surface area contributed by atoms with Crippen LogP contribution in [0, 0.1) is 0 Å². The highest BCUT2D eigenvalue weighted by molar-refractivity contribution is 5.80. The first-order valence-electron chi connectivity index (χ1n) is 30.4. The van der Waals surface area contributed by atoms with Gasteiger partial charge in [-0.15, -0.1) is 0 Å². The van der Waals surface area contributed by atoms with Crippen LogP contribution >= 0.6 is 0 Å². The second-order valence-electron chi connectivity index (χ2n) is 21.1. The molecule has 0 aromatic carbocycles. The van der Waals surface area contributed by atoms with Crippen LogP contribution in [0.1, 0.15) is 271 Å². The zero-order valence-corrected chi connectivity index (χ0v) is 47.0. The minimum absolute atomic E-state index is 0.125. The van der Waals surface area contributed by atoms with Crippen LogP contribution in [0.3, 0.4) is 0 Å². The van der Waals surface area contributed by atoms with Gasteiger partial charge in [-0.25, -0.2) is 0 Å². The maximum atomic E-state index is 13.4. The Labute approximate surface area is 446 Å². The summed E-state index contributed by atoms with van der Waals surface area (Å²) in [6, 6.07) is -1.03. The number of rotatable bonds is 51. The van der Waals surface area contributed by atoms with E-state index in [1.807, 2.05) is 6.08 Å². The lowest BCUT2D eigenvalue weighted by molar-refractivity contribution is -0.305. The van der Waals surface area contributed by atoms with E-state index >= 15 is 0 Å². The van der Waals surface area contributed by atoms with Crippen LogP contribution in [0.4, 0.5) is 0 Å². The highest BCUT2D eigenvalue weighted by Crippen LogP contribution is 2.26. The summed E-state index contributed by atoms with van der Waals surface area (Å²) in [4.78, 5) is 26.5. The third kappa shape index (κ3) is 38.8. The summed E-state index contributed by atoms with van der Waals surface area (Å²) in [5.74, 6) is -1.20. The predicted octanol–water partition coefficient (Wildman–Crippen LogP) is 14.1. The quantitative estimate of drug-likeness (QED) is 0.0195. The maximum absolute atomic E-state index is 13.4. The molecule has 1 aliphatic rings. The van der Waals surface area contributed by atoms with E-state index in [1.165, 1.54) is 141 Å². The Morgan fingerprint density at radius 3 is 1.44 bits per heavy atom. The fourth-order valence-corrected chi connectivity index (χ4v) is 9.36. The molecule has 1 amide bonds. The number of aliphatic hydroxyl groups excluding tert-OH is 5. The third-order valence-corrected chi connectivity index (χ3v) is 14.2. The smallest absolute Gasteiger partial charge is 0.306 e. The number of aliphatic hydroxyl groups is 5. The van der Waals surface area contributed by atoms with Crippen molar-refractivity contribution in [3.05, 3.63) is 48.6 Å². The molecule has 0 spiro atoms. The van der Waals surface area contributed by atoms with Gasteiger partial charge >= 0.3 is 5.97 Å². The van der Waals surface area contributed by atoms with Gasteiger partial charge in [0.1, 0.15) is 24.4 Å². The Morgan fingerprint density at radius 1 is 0.534 bits per heavy atom. The van der Waals surface area contributed by atoms with Crippen molar-refractivity contribution in [2.75, 3.05) is 13.2 Å². The van der Waals surface area contributed by atoms with Gasteiger partial charge in [0.15, 0.2) is 12.4 Å². The lowest BCUT2D eigenvalue weighted by Gasteiger charge is -2.41. The number of ether oxygens (including phenoxy) is 3. The SMILES string of the molecule is CCCCC/C=C\C/C=C\C/C=C\CCCCCCCC(O)C(=O)NC(COC1OC(CO)C(O)C(O)C1OC(=O)CCCCCCCCCCCCCCCC)C(O)/C=C/CCCCCCCCCCCC. The molecule has 426 valence electrons. The van der Waals surface area contributed by atoms with Crippen LogP contribution in [0.25, 0.3) is 0 Å². The molecule has 6 N–H and O–H groups in total. The van der Waals surface area contributed by atoms with E-state index in [2.05, 4.69) is 62.5 Å². The molecule has 8 unspecified atom stereocenters. The van der Waals surface area contributed by atoms with Crippen molar-refractivity contribution >= 4 is 11.9 Å². The molecule has 0 bridgehead atoms. The Hall–Kier alpha value is -2.38. The van der Waals surface area contributed by atoms with Crippen LogP contribution in [0.2, 0.25) is 0 Å². The van der Waals surface area contributed by atoms with Crippen molar-refractivity contribution in [2.24, 2.45) is 0 Å². The largest absolute Gasteiger partial charge is 0.454 e. The van der Waals surface area contributed by atoms with Gasteiger partial charge in [0.2, 0.25) is 5.91 Å². The van der Waals surface area contributed by atoms with Crippen molar-refractivity contribution in [2.45, 2.75) is 320 Å². The molecule has 0 aromatic heterocycles. The van der Waals surface area contributed by atoms with Crippen molar-refractivity contribution in [3.63, 3.8) is 0 Å². The van der Waals surface area contributed by atoms with Gasteiger partial charge in [-0.05, 0) is 64.2 Å². The molecule has 0 aliphatic carbocycles.